The van der Waals surface area contributed by atoms with Crippen molar-refractivity contribution in [3.8, 4) is 11.3 Å². The number of rotatable bonds is 8. The number of benzene rings is 2. The zero-order chi connectivity index (χ0) is 26.3. The molecule has 198 valence electrons. The van der Waals surface area contributed by atoms with Gasteiger partial charge < -0.3 is 10.6 Å². The molecule has 38 heavy (non-hydrogen) atoms. The molecule has 2 aliphatic rings. The molecule has 2 aromatic heterocycles. The molecule has 1 saturated carbocycles. The SMILES string of the molecule is C1CC1.Cc1ccccc1-c1cc(NCCCCNC(=O)C2CCc3ccccc3C2)n2ncc(Br)c2n1. The molecular formula is C31H36BrN5O. The summed E-state index contributed by atoms with van der Waals surface area (Å²) in [6.07, 6.45) is 10.9. The zero-order valence-electron chi connectivity index (χ0n) is 22.0. The van der Waals surface area contributed by atoms with E-state index in [0.717, 1.165) is 65.8 Å². The van der Waals surface area contributed by atoms with Gasteiger partial charge in [0.05, 0.1) is 16.4 Å². The van der Waals surface area contributed by atoms with E-state index in [1.54, 1.807) is 6.20 Å². The molecule has 2 aromatic carbocycles. The molecule has 1 atom stereocenters. The van der Waals surface area contributed by atoms with Gasteiger partial charge in [-0.05, 0) is 71.6 Å². The van der Waals surface area contributed by atoms with Crippen molar-refractivity contribution in [2.45, 2.75) is 58.3 Å². The number of aromatic nitrogens is 3. The van der Waals surface area contributed by atoms with Gasteiger partial charge in [-0.3, -0.25) is 4.79 Å². The fourth-order valence-corrected chi connectivity index (χ4v) is 5.15. The Kier molecular flexibility index (Phi) is 8.74. The maximum Gasteiger partial charge on any atom is 0.223 e. The number of nitrogens with one attached hydrogen (secondary N) is 2. The largest absolute Gasteiger partial charge is 0.370 e. The summed E-state index contributed by atoms with van der Waals surface area (Å²) in [5.41, 5.74) is 6.71. The van der Waals surface area contributed by atoms with Crippen LogP contribution in [0.15, 0.2) is 65.3 Å². The smallest absolute Gasteiger partial charge is 0.223 e. The normalized spacial score (nSPS) is 15.8. The number of halogens is 1. The Bertz CT molecular complexity index is 1390. The molecule has 1 amide bonds. The number of hydrogen-bond donors (Lipinski definition) is 2. The van der Waals surface area contributed by atoms with Crippen LogP contribution in [-0.4, -0.2) is 33.6 Å². The van der Waals surface area contributed by atoms with Crippen LogP contribution >= 0.6 is 15.9 Å². The highest BCUT2D eigenvalue weighted by atomic mass is 79.9. The van der Waals surface area contributed by atoms with Crippen LogP contribution in [0.3, 0.4) is 0 Å². The third-order valence-corrected chi connectivity index (χ3v) is 7.69. The van der Waals surface area contributed by atoms with Crippen LogP contribution in [0.25, 0.3) is 16.9 Å². The number of aryl methyl sites for hydroxylation is 2. The zero-order valence-corrected chi connectivity index (χ0v) is 23.6. The van der Waals surface area contributed by atoms with E-state index < -0.39 is 0 Å². The maximum absolute atomic E-state index is 12.7. The van der Waals surface area contributed by atoms with E-state index in [1.165, 1.54) is 36.0 Å². The molecule has 0 aliphatic heterocycles. The molecule has 2 aliphatic carbocycles. The van der Waals surface area contributed by atoms with E-state index in [0.29, 0.717) is 6.54 Å². The molecular weight excluding hydrogens is 538 g/mol. The van der Waals surface area contributed by atoms with Crippen LogP contribution in [0.1, 0.15) is 55.2 Å². The molecule has 4 aromatic rings. The highest BCUT2D eigenvalue weighted by Crippen LogP contribution is 2.28. The molecule has 0 spiro atoms. The highest BCUT2D eigenvalue weighted by Gasteiger charge is 2.24. The summed E-state index contributed by atoms with van der Waals surface area (Å²) in [4.78, 5) is 17.5. The summed E-state index contributed by atoms with van der Waals surface area (Å²) in [5.74, 6) is 1.18. The number of amides is 1. The summed E-state index contributed by atoms with van der Waals surface area (Å²) in [6, 6.07) is 18.8. The van der Waals surface area contributed by atoms with E-state index >= 15 is 0 Å². The number of carbonyl (C=O) groups is 1. The van der Waals surface area contributed by atoms with Crippen molar-refractivity contribution in [3.63, 3.8) is 0 Å². The minimum atomic E-state index is 0.0891. The van der Waals surface area contributed by atoms with Gasteiger partial charge in [-0.25, -0.2) is 4.98 Å². The van der Waals surface area contributed by atoms with E-state index in [9.17, 15) is 4.79 Å². The number of carbonyl (C=O) groups excluding carboxylic acids is 1. The second kappa shape index (κ2) is 12.6. The Balaban J connectivity index is 0.000000916. The second-order valence-corrected chi connectivity index (χ2v) is 11.1. The van der Waals surface area contributed by atoms with Crippen molar-refractivity contribution in [2.24, 2.45) is 5.92 Å². The number of fused-ring (bicyclic) bond motifs is 2. The van der Waals surface area contributed by atoms with Crippen molar-refractivity contribution in [1.82, 2.24) is 19.9 Å². The van der Waals surface area contributed by atoms with Crippen LogP contribution in [0.4, 0.5) is 5.82 Å². The van der Waals surface area contributed by atoms with Crippen molar-refractivity contribution in [1.29, 1.82) is 0 Å². The van der Waals surface area contributed by atoms with Crippen molar-refractivity contribution in [3.05, 3.63) is 82.0 Å². The number of anilines is 1. The van der Waals surface area contributed by atoms with Gasteiger partial charge in [0.15, 0.2) is 5.65 Å². The first-order chi connectivity index (χ1) is 18.6. The number of unbranched alkanes of at least 4 members (excludes halogenated alkanes) is 1. The lowest BCUT2D eigenvalue weighted by molar-refractivity contribution is -0.125. The first-order valence-electron chi connectivity index (χ1n) is 13.8. The van der Waals surface area contributed by atoms with Gasteiger partial charge in [-0.15, -0.1) is 0 Å². The van der Waals surface area contributed by atoms with Gasteiger partial charge in [-0.1, -0.05) is 67.8 Å². The summed E-state index contributed by atoms with van der Waals surface area (Å²) in [5, 5.41) is 11.1. The third-order valence-electron chi connectivity index (χ3n) is 7.13. The lowest BCUT2D eigenvalue weighted by atomic mass is 9.83. The van der Waals surface area contributed by atoms with Gasteiger partial charge in [0, 0.05) is 30.6 Å². The van der Waals surface area contributed by atoms with Crippen LogP contribution in [0.5, 0.6) is 0 Å². The first-order valence-corrected chi connectivity index (χ1v) is 14.6. The van der Waals surface area contributed by atoms with Crippen molar-refractivity contribution in [2.75, 3.05) is 18.4 Å². The van der Waals surface area contributed by atoms with E-state index in [2.05, 4.69) is 81.1 Å². The molecule has 2 heterocycles. The van der Waals surface area contributed by atoms with Gasteiger partial charge in [-0.2, -0.15) is 9.61 Å². The highest BCUT2D eigenvalue weighted by molar-refractivity contribution is 9.10. The molecule has 0 bridgehead atoms. The lowest BCUT2D eigenvalue weighted by Crippen LogP contribution is -2.34. The molecule has 6 nitrogen and oxygen atoms in total. The fourth-order valence-electron chi connectivity index (χ4n) is 4.80. The Morgan fingerprint density at radius 1 is 1.03 bits per heavy atom. The van der Waals surface area contributed by atoms with Gasteiger partial charge >= 0.3 is 0 Å². The second-order valence-electron chi connectivity index (χ2n) is 10.3. The third kappa shape index (κ3) is 6.62. The fraction of sp³-hybridized carbons (Fsp3) is 0.387. The van der Waals surface area contributed by atoms with Gasteiger partial charge in [0.25, 0.3) is 0 Å². The van der Waals surface area contributed by atoms with Gasteiger partial charge in [0.2, 0.25) is 5.91 Å². The average Bonchev–Trinajstić information content (AvgIpc) is 3.79. The number of nitrogens with zero attached hydrogens (tertiary/aromatic N) is 3. The van der Waals surface area contributed by atoms with Gasteiger partial charge in [0.1, 0.15) is 5.82 Å². The summed E-state index contributed by atoms with van der Waals surface area (Å²) in [6.45, 7) is 3.59. The molecule has 0 radical (unpaired) electrons. The Morgan fingerprint density at radius 2 is 1.76 bits per heavy atom. The molecule has 7 heteroatoms. The lowest BCUT2D eigenvalue weighted by Gasteiger charge is -2.23. The van der Waals surface area contributed by atoms with Crippen LogP contribution < -0.4 is 10.6 Å². The predicted molar refractivity (Wildman–Crippen MR) is 157 cm³/mol. The van der Waals surface area contributed by atoms with Crippen molar-refractivity contribution < 1.29 is 4.79 Å². The van der Waals surface area contributed by atoms with Crippen molar-refractivity contribution >= 4 is 33.3 Å². The molecule has 2 N–H and O–H groups in total. The first kappa shape index (κ1) is 26.4. The minimum Gasteiger partial charge on any atom is -0.370 e. The Morgan fingerprint density at radius 3 is 2.55 bits per heavy atom. The van der Waals surface area contributed by atoms with E-state index in [4.69, 9.17) is 4.98 Å². The van der Waals surface area contributed by atoms with Crippen LogP contribution in [0, 0.1) is 12.8 Å². The molecule has 1 fully saturated rings. The minimum absolute atomic E-state index is 0.0891. The molecule has 1 unspecified atom stereocenters. The summed E-state index contributed by atoms with van der Waals surface area (Å²) in [7, 11) is 0. The maximum atomic E-state index is 12.7. The quantitative estimate of drug-likeness (QED) is 0.229. The van der Waals surface area contributed by atoms with E-state index in [-0.39, 0.29) is 11.8 Å². The number of hydrogen-bond acceptors (Lipinski definition) is 4. The summed E-state index contributed by atoms with van der Waals surface area (Å²) >= 11 is 3.57. The Hall–Kier alpha value is -3.19. The van der Waals surface area contributed by atoms with E-state index in [1.807, 2.05) is 16.6 Å². The Labute approximate surface area is 233 Å². The average molecular weight is 575 g/mol. The topological polar surface area (TPSA) is 71.3 Å². The predicted octanol–water partition coefficient (Wildman–Crippen LogP) is 6.75. The van der Waals surface area contributed by atoms with Crippen LogP contribution in [-0.2, 0) is 17.6 Å². The standard InChI is InChI=1S/C28H30BrN5O.C3H6/c1-19-8-2-5-11-23(19)25-17-26(34-27(33-25)24(29)18-32-34)30-14-6-7-15-31-28(35)22-13-12-20-9-3-4-10-21(20)16-22;1-2-3-1/h2-5,8-11,17-18,22,30H,6-7,12-16H2,1H3,(H,31,35);1-3H2. The summed E-state index contributed by atoms with van der Waals surface area (Å²) < 4.78 is 2.69. The van der Waals surface area contributed by atoms with Crippen LogP contribution in [0.2, 0.25) is 0 Å². The molecule has 6 rings (SSSR count). The molecule has 0 saturated heterocycles. The monoisotopic (exact) mass is 573 g/mol.